The van der Waals surface area contributed by atoms with Crippen molar-refractivity contribution in [3.05, 3.63) is 47.7 Å². The maximum Gasteiger partial charge on any atom is 0.322 e. The Labute approximate surface area is 291 Å². The Morgan fingerprint density at radius 1 is 1.04 bits per heavy atom. The maximum atomic E-state index is 14.1. The third-order valence-electron chi connectivity index (χ3n) is 9.48. The molecule has 1 aliphatic rings. The van der Waals surface area contributed by atoms with Gasteiger partial charge in [0.25, 0.3) is 5.91 Å². The van der Waals surface area contributed by atoms with E-state index in [0.29, 0.717) is 30.6 Å². The van der Waals surface area contributed by atoms with E-state index in [-0.39, 0.29) is 11.0 Å². The average Bonchev–Trinajstić information content (AvgIpc) is 3.01. The van der Waals surface area contributed by atoms with Crippen LogP contribution < -0.4 is 16.1 Å². The van der Waals surface area contributed by atoms with E-state index in [1.807, 2.05) is 51.1 Å². The number of aliphatic hydroxyl groups excluding tert-OH is 1. The number of benzene rings is 1. The normalized spacial score (nSPS) is 18.9. The number of carbonyl (C=O) groups excluding carboxylic acids is 3. The quantitative estimate of drug-likeness (QED) is 0.189. The number of aliphatic carboxylic acids is 1. The second-order valence-corrected chi connectivity index (χ2v) is 19.7. The van der Waals surface area contributed by atoms with E-state index in [1.165, 1.54) is 11.9 Å². The summed E-state index contributed by atoms with van der Waals surface area (Å²) in [6, 6.07) is 6.66. The zero-order valence-electron chi connectivity index (χ0n) is 30.5. The Kier molecular flexibility index (Phi) is 13.3. The van der Waals surface area contributed by atoms with Gasteiger partial charge in [0.2, 0.25) is 11.8 Å². The van der Waals surface area contributed by atoms with E-state index in [9.17, 15) is 29.4 Å². The number of hydrogen-bond donors (Lipinski definition) is 5. The number of amides is 3. The van der Waals surface area contributed by atoms with Crippen LogP contribution >= 0.6 is 0 Å². The molecule has 0 radical (unpaired) electrons. The molecule has 12 nitrogen and oxygen atoms in total. The van der Waals surface area contributed by atoms with Gasteiger partial charge < -0.3 is 25.3 Å². The number of carbonyl (C=O) groups is 4. The first-order valence-corrected chi connectivity index (χ1v) is 20.0. The minimum absolute atomic E-state index is 0.103. The van der Waals surface area contributed by atoms with Crippen molar-refractivity contribution in [1.82, 2.24) is 26.1 Å². The average molecular weight is 698 g/mol. The van der Waals surface area contributed by atoms with Crippen molar-refractivity contribution in [3.63, 3.8) is 0 Å². The summed E-state index contributed by atoms with van der Waals surface area (Å²) in [4.78, 5) is 56.8. The van der Waals surface area contributed by atoms with Gasteiger partial charge in [0.1, 0.15) is 18.1 Å². The highest BCUT2D eigenvalue weighted by Gasteiger charge is 2.41. The monoisotopic (exact) mass is 697 g/mol. The molecule has 3 rings (SSSR count). The summed E-state index contributed by atoms with van der Waals surface area (Å²) in [7, 11) is -2.30. The minimum Gasteiger partial charge on any atom is -0.480 e. The van der Waals surface area contributed by atoms with Crippen LogP contribution in [0.1, 0.15) is 85.6 Å². The van der Waals surface area contributed by atoms with Gasteiger partial charge in [0, 0.05) is 11.9 Å². The van der Waals surface area contributed by atoms with E-state index >= 15 is 0 Å². The number of rotatable bonds is 13. The summed E-state index contributed by atoms with van der Waals surface area (Å²) in [5.41, 5.74) is 4.81. The predicted molar refractivity (Wildman–Crippen MR) is 193 cm³/mol. The largest absolute Gasteiger partial charge is 0.480 e. The van der Waals surface area contributed by atoms with E-state index in [2.05, 4.69) is 54.9 Å². The Hall–Kier alpha value is -3.65. The number of aromatic nitrogens is 1. The first-order valence-electron chi connectivity index (χ1n) is 17.1. The van der Waals surface area contributed by atoms with Crippen LogP contribution in [0.2, 0.25) is 18.1 Å². The summed E-state index contributed by atoms with van der Waals surface area (Å²) in [6.45, 7) is 19.6. The Bertz CT molecular complexity index is 1540. The van der Waals surface area contributed by atoms with Gasteiger partial charge >= 0.3 is 5.97 Å². The van der Waals surface area contributed by atoms with Gasteiger partial charge in [-0.05, 0) is 75.4 Å². The van der Waals surface area contributed by atoms with Crippen LogP contribution in [-0.2, 0) is 23.6 Å². The molecule has 1 saturated heterocycles. The molecule has 270 valence electrons. The molecule has 3 amide bonds. The van der Waals surface area contributed by atoms with Gasteiger partial charge in [-0.3, -0.25) is 29.2 Å². The second-order valence-electron chi connectivity index (χ2n) is 14.9. The third kappa shape index (κ3) is 10.4. The summed E-state index contributed by atoms with van der Waals surface area (Å²) in [5, 5.41) is 27.1. The van der Waals surface area contributed by atoms with Crippen molar-refractivity contribution in [3.8, 4) is 0 Å². The molecule has 1 aromatic heterocycles. The van der Waals surface area contributed by atoms with Gasteiger partial charge in [-0.25, -0.2) is 5.43 Å². The molecule has 13 heteroatoms. The van der Waals surface area contributed by atoms with E-state index in [4.69, 9.17) is 4.43 Å². The molecule has 1 aromatic carbocycles. The number of hydrogen-bond acceptors (Lipinski definition) is 8. The number of aliphatic hydroxyl groups is 1. The highest BCUT2D eigenvalue weighted by Crippen LogP contribution is 2.38. The van der Waals surface area contributed by atoms with Crippen LogP contribution in [0, 0.1) is 11.8 Å². The summed E-state index contributed by atoms with van der Waals surface area (Å²) in [5.74, 6) is -3.50. The van der Waals surface area contributed by atoms with E-state index in [0.717, 1.165) is 10.9 Å². The fourth-order valence-electron chi connectivity index (χ4n) is 5.38. The number of hydrazine groups is 1. The lowest BCUT2D eigenvalue weighted by Gasteiger charge is -2.40. The van der Waals surface area contributed by atoms with Crippen LogP contribution in [0.3, 0.4) is 0 Å². The van der Waals surface area contributed by atoms with Gasteiger partial charge in [0.05, 0.1) is 29.3 Å². The van der Waals surface area contributed by atoms with Crippen molar-refractivity contribution in [2.75, 3.05) is 6.54 Å². The van der Waals surface area contributed by atoms with Crippen molar-refractivity contribution in [2.45, 2.75) is 117 Å². The zero-order chi connectivity index (χ0) is 36.8. The molecular formula is C36H55N5O7Si. The zero-order valence-corrected chi connectivity index (χ0v) is 31.5. The van der Waals surface area contributed by atoms with E-state index in [1.54, 1.807) is 19.1 Å². The smallest absolute Gasteiger partial charge is 0.322 e. The van der Waals surface area contributed by atoms with Crippen molar-refractivity contribution in [2.24, 2.45) is 11.8 Å². The molecule has 0 unspecified atom stereocenters. The number of fused-ring (bicyclic) bond motifs is 1. The van der Waals surface area contributed by atoms with Crippen molar-refractivity contribution in [1.29, 1.82) is 0 Å². The number of carboxylic acid groups (broad SMARTS) is 1. The fraction of sp³-hybridized carbons (Fsp3) is 0.583. The van der Waals surface area contributed by atoms with Crippen LogP contribution in [0.25, 0.3) is 17.0 Å². The topological polar surface area (TPSA) is 170 Å². The molecular weight excluding hydrogens is 643 g/mol. The molecule has 5 N–H and O–H groups in total. The van der Waals surface area contributed by atoms with Crippen molar-refractivity contribution < 1.29 is 33.8 Å². The molecule has 6 atom stereocenters. The Morgan fingerprint density at radius 3 is 2.29 bits per heavy atom. The van der Waals surface area contributed by atoms with Crippen LogP contribution in [0.5, 0.6) is 0 Å². The van der Waals surface area contributed by atoms with Gasteiger partial charge in [-0.15, -0.1) is 0 Å². The number of nitrogens with one attached hydrogen (secondary N) is 3. The highest BCUT2D eigenvalue weighted by molar-refractivity contribution is 6.74. The lowest BCUT2D eigenvalue weighted by Crippen LogP contribution is -2.61. The van der Waals surface area contributed by atoms with Crippen molar-refractivity contribution >= 4 is 49.0 Å². The molecule has 1 aliphatic heterocycles. The van der Waals surface area contributed by atoms with E-state index < -0.39 is 68.3 Å². The maximum absolute atomic E-state index is 14.1. The van der Waals surface area contributed by atoms with Crippen LogP contribution in [0.4, 0.5) is 0 Å². The molecule has 2 aromatic rings. The lowest BCUT2D eigenvalue weighted by atomic mass is 9.97. The first-order chi connectivity index (χ1) is 22.7. The fourth-order valence-corrected chi connectivity index (χ4v) is 6.81. The number of nitrogens with zero attached hydrogens (tertiary/aromatic N) is 2. The molecule has 0 saturated carbocycles. The van der Waals surface area contributed by atoms with Crippen LogP contribution in [-0.4, -0.2) is 83.0 Å². The predicted octanol–water partition coefficient (Wildman–Crippen LogP) is 4.55. The minimum atomic E-state index is -2.30. The van der Waals surface area contributed by atoms with Gasteiger partial charge in [0.15, 0.2) is 8.32 Å². The third-order valence-corrected chi connectivity index (χ3v) is 14.1. The lowest BCUT2D eigenvalue weighted by molar-refractivity contribution is -0.148. The van der Waals surface area contributed by atoms with Gasteiger partial charge in [-0.2, -0.15) is 0 Å². The molecule has 49 heavy (non-hydrogen) atoms. The Morgan fingerprint density at radius 2 is 1.69 bits per heavy atom. The van der Waals surface area contributed by atoms with Gasteiger partial charge in [-0.1, -0.05) is 65.0 Å². The summed E-state index contributed by atoms with van der Waals surface area (Å²) >= 11 is 0. The molecule has 0 spiro atoms. The first kappa shape index (κ1) is 39.8. The molecule has 0 bridgehead atoms. The SMILES string of the molecule is CC(C)[C@H](NC(=O)[C@H](C=Cc1ccc2ccc([C@@H](C)O)nc2c1)[C@H](C)O[Si](C)(C)C(C)(C)C)C(=O)N[C@@H](C)C(=O)N1CCC[C@@H](C(=O)O)N1. The number of carboxylic acids is 1. The Balaban J connectivity index is 1.85. The number of pyridine rings is 1. The standard InChI is InChI=1S/C36H55N5O7Si/c1-21(2)31(33(44)37-22(3)34(45)41-19-11-12-29(40-41)35(46)47)39-32(43)27(24(5)48-49(9,10)36(6,7)8)17-14-25-13-15-26-16-18-28(23(4)42)38-30(26)20-25/h13-18,20-24,27,29,31,40,42H,11-12,19H2,1-10H3,(H,37,44)(H,39,43)(H,46,47)/t22-,23+,24-,27+,29-,31-/m0/s1. The molecule has 1 fully saturated rings. The highest BCUT2D eigenvalue weighted by atomic mass is 28.4. The molecule has 0 aliphatic carbocycles. The summed E-state index contributed by atoms with van der Waals surface area (Å²) < 4.78 is 6.66. The molecule has 2 heterocycles. The second kappa shape index (κ2) is 16.4. The van der Waals surface area contributed by atoms with Crippen LogP contribution in [0.15, 0.2) is 36.4 Å². The summed E-state index contributed by atoms with van der Waals surface area (Å²) in [6.07, 6.45) is 3.31.